The minimum Gasteiger partial charge on any atom is -0.465 e. The van der Waals surface area contributed by atoms with Crippen LogP contribution in [0.25, 0.3) is 11.3 Å². The molecule has 92 valence electrons. The molecule has 0 unspecified atom stereocenters. The van der Waals surface area contributed by atoms with Crippen LogP contribution in [0.2, 0.25) is 0 Å². The van der Waals surface area contributed by atoms with Gasteiger partial charge in [0.1, 0.15) is 0 Å². The van der Waals surface area contributed by atoms with Crippen molar-refractivity contribution in [2.75, 3.05) is 12.8 Å². The molecule has 1 heterocycles. The van der Waals surface area contributed by atoms with E-state index in [0.29, 0.717) is 16.9 Å². The van der Waals surface area contributed by atoms with Crippen molar-refractivity contribution in [2.24, 2.45) is 0 Å². The van der Waals surface area contributed by atoms with Crippen LogP contribution < -0.4 is 5.73 Å². The van der Waals surface area contributed by atoms with E-state index in [-0.39, 0.29) is 0 Å². The van der Waals surface area contributed by atoms with Gasteiger partial charge >= 0.3 is 5.97 Å². The summed E-state index contributed by atoms with van der Waals surface area (Å²) < 4.78 is 4.69. The molecule has 1 aromatic carbocycles. The predicted octanol–water partition coefficient (Wildman–Crippen LogP) is 1.82. The van der Waals surface area contributed by atoms with Gasteiger partial charge in [0.15, 0.2) is 0 Å². The summed E-state index contributed by atoms with van der Waals surface area (Å²) in [7, 11) is 1.32. The van der Waals surface area contributed by atoms with Crippen molar-refractivity contribution >= 4 is 11.7 Å². The molecule has 5 heteroatoms. The van der Waals surface area contributed by atoms with Gasteiger partial charge in [-0.05, 0) is 36.8 Å². The number of hydrogen-bond donors (Lipinski definition) is 1. The van der Waals surface area contributed by atoms with E-state index in [0.717, 1.165) is 11.1 Å². The molecule has 0 aliphatic carbocycles. The fourth-order valence-corrected chi connectivity index (χ4v) is 1.74. The van der Waals surface area contributed by atoms with Crippen molar-refractivity contribution < 1.29 is 9.53 Å². The summed E-state index contributed by atoms with van der Waals surface area (Å²) in [5.74, 6) is -0.461. The number of nitrogens with two attached hydrogens (primary N) is 1. The average Bonchev–Trinajstić information content (AvgIpc) is 2.39. The molecule has 0 radical (unpaired) electrons. The molecule has 18 heavy (non-hydrogen) atoms. The van der Waals surface area contributed by atoms with Crippen molar-refractivity contribution in [3.8, 4) is 11.3 Å². The fraction of sp³-hybridized carbons (Fsp3) is 0.154. The van der Waals surface area contributed by atoms with Gasteiger partial charge < -0.3 is 10.5 Å². The summed E-state index contributed by atoms with van der Waals surface area (Å²) in [4.78, 5) is 11.6. The maximum absolute atomic E-state index is 11.6. The molecular formula is C13H13N3O2. The maximum Gasteiger partial charge on any atom is 0.339 e. The molecule has 2 N–H and O–H groups in total. The average molecular weight is 243 g/mol. The molecule has 0 saturated carbocycles. The maximum atomic E-state index is 11.6. The highest BCUT2D eigenvalue weighted by atomic mass is 16.5. The van der Waals surface area contributed by atoms with E-state index in [9.17, 15) is 4.79 Å². The largest absolute Gasteiger partial charge is 0.465 e. The smallest absolute Gasteiger partial charge is 0.339 e. The van der Waals surface area contributed by atoms with Crippen LogP contribution in [0.1, 0.15) is 15.9 Å². The third-order valence-electron chi connectivity index (χ3n) is 2.65. The van der Waals surface area contributed by atoms with Crippen LogP contribution >= 0.6 is 0 Å². The highest BCUT2D eigenvalue weighted by Crippen LogP contribution is 2.26. The molecule has 2 rings (SSSR count). The molecule has 0 fully saturated rings. The highest BCUT2D eigenvalue weighted by Gasteiger charge is 2.14. The first kappa shape index (κ1) is 12.0. The van der Waals surface area contributed by atoms with Crippen LogP contribution in [-0.4, -0.2) is 23.3 Å². The SMILES string of the molecule is COC(=O)c1cc(-c2cccnn2)c(C)cc1N. The Bertz CT molecular complexity index is 582. The number of aromatic nitrogens is 2. The first-order valence-electron chi connectivity index (χ1n) is 5.40. The molecule has 0 spiro atoms. The molecule has 0 atom stereocenters. The number of rotatable bonds is 2. The first-order chi connectivity index (χ1) is 8.63. The fourth-order valence-electron chi connectivity index (χ4n) is 1.74. The van der Waals surface area contributed by atoms with Crippen molar-refractivity contribution in [3.05, 3.63) is 41.6 Å². The monoisotopic (exact) mass is 243 g/mol. The lowest BCUT2D eigenvalue weighted by atomic mass is 10.0. The summed E-state index contributed by atoms with van der Waals surface area (Å²) in [6.45, 7) is 1.90. The molecule has 0 saturated heterocycles. The lowest BCUT2D eigenvalue weighted by Gasteiger charge is -2.09. The Morgan fingerprint density at radius 3 is 2.78 bits per heavy atom. The van der Waals surface area contributed by atoms with Gasteiger partial charge in [0.25, 0.3) is 0 Å². The molecule has 0 amide bonds. The van der Waals surface area contributed by atoms with Gasteiger partial charge in [-0.2, -0.15) is 10.2 Å². The second-order valence-corrected chi connectivity index (χ2v) is 3.85. The summed E-state index contributed by atoms with van der Waals surface area (Å²) in [5.41, 5.74) is 8.98. The predicted molar refractivity (Wildman–Crippen MR) is 68.0 cm³/mol. The van der Waals surface area contributed by atoms with E-state index < -0.39 is 5.97 Å². The summed E-state index contributed by atoms with van der Waals surface area (Å²) in [5, 5.41) is 7.84. The number of carbonyl (C=O) groups excluding carboxylic acids is 1. The Morgan fingerprint density at radius 2 is 2.17 bits per heavy atom. The topological polar surface area (TPSA) is 78.1 Å². The second-order valence-electron chi connectivity index (χ2n) is 3.85. The molecule has 0 bridgehead atoms. The number of carbonyl (C=O) groups is 1. The van der Waals surface area contributed by atoms with Crippen LogP contribution in [0.5, 0.6) is 0 Å². The van der Waals surface area contributed by atoms with Gasteiger partial charge in [-0.1, -0.05) is 0 Å². The molecule has 0 aliphatic heterocycles. The summed E-state index contributed by atoms with van der Waals surface area (Å²) >= 11 is 0. The van der Waals surface area contributed by atoms with E-state index in [1.165, 1.54) is 7.11 Å². The number of ether oxygens (including phenoxy) is 1. The standard InChI is InChI=1S/C13H13N3O2/c1-8-6-11(14)10(13(17)18-2)7-9(8)12-4-3-5-15-16-12/h3-7H,14H2,1-2H3. The molecule has 2 aromatic rings. The van der Waals surface area contributed by atoms with E-state index >= 15 is 0 Å². The quantitative estimate of drug-likeness (QED) is 0.643. The van der Waals surface area contributed by atoms with Gasteiger partial charge in [0, 0.05) is 17.4 Å². The van der Waals surface area contributed by atoms with Crippen molar-refractivity contribution in [1.82, 2.24) is 10.2 Å². The minimum absolute atomic E-state index is 0.337. The zero-order chi connectivity index (χ0) is 13.1. The Hall–Kier alpha value is -2.43. The Labute approximate surface area is 105 Å². The van der Waals surface area contributed by atoms with Gasteiger partial charge in [0.2, 0.25) is 0 Å². The third kappa shape index (κ3) is 2.15. The van der Waals surface area contributed by atoms with Crippen LogP contribution in [-0.2, 0) is 4.74 Å². The Kier molecular flexibility index (Phi) is 3.23. The van der Waals surface area contributed by atoms with Crippen molar-refractivity contribution in [3.63, 3.8) is 0 Å². The van der Waals surface area contributed by atoms with E-state index in [2.05, 4.69) is 10.2 Å². The van der Waals surface area contributed by atoms with Gasteiger partial charge in [-0.3, -0.25) is 0 Å². The number of methoxy groups -OCH3 is 1. The summed E-state index contributed by atoms with van der Waals surface area (Å²) in [6.07, 6.45) is 1.59. The number of anilines is 1. The third-order valence-corrected chi connectivity index (χ3v) is 2.65. The van der Waals surface area contributed by atoms with Crippen LogP contribution in [0.15, 0.2) is 30.5 Å². The number of esters is 1. The zero-order valence-electron chi connectivity index (χ0n) is 10.2. The number of benzene rings is 1. The zero-order valence-corrected chi connectivity index (χ0v) is 10.2. The van der Waals surface area contributed by atoms with Gasteiger partial charge in [-0.25, -0.2) is 4.79 Å². The minimum atomic E-state index is -0.461. The number of nitrogens with zero attached hydrogens (tertiary/aromatic N) is 2. The normalized spacial score (nSPS) is 10.1. The second kappa shape index (κ2) is 4.83. The lowest BCUT2D eigenvalue weighted by Crippen LogP contribution is -2.07. The highest BCUT2D eigenvalue weighted by molar-refractivity contribution is 5.97. The van der Waals surface area contributed by atoms with Gasteiger partial charge in [0.05, 0.1) is 18.4 Å². The molecule has 5 nitrogen and oxygen atoms in total. The lowest BCUT2D eigenvalue weighted by molar-refractivity contribution is 0.0602. The van der Waals surface area contributed by atoms with Crippen molar-refractivity contribution in [1.29, 1.82) is 0 Å². The van der Waals surface area contributed by atoms with Crippen LogP contribution in [0.3, 0.4) is 0 Å². The van der Waals surface area contributed by atoms with Crippen LogP contribution in [0, 0.1) is 6.92 Å². The number of nitrogen functional groups attached to an aromatic ring is 1. The van der Waals surface area contributed by atoms with E-state index in [1.54, 1.807) is 24.4 Å². The molecule has 1 aromatic heterocycles. The number of aryl methyl sites for hydroxylation is 1. The Morgan fingerprint density at radius 1 is 1.39 bits per heavy atom. The van der Waals surface area contributed by atoms with E-state index in [4.69, 9.17) is 10.5 Å². The van der Waals surface area contributed by atoms with E-state index in [1.807, 2.05) is 13.0 Å². The summed E-state index contributed by atoms with van der Waals surface area (Å²) in [6, 6.07) is 7.03. The number of hydrogen-bond acceptors (Lipinski definition) is 5. The van der Waals surface area contributed by atoms with Crippen molar-refractivity contribution in [2.45, 2.75) is 6.92 Å². The Balaban J connectivity index is 2.59. The van der Waals surface area contributed by atoms with Gasteiger partial charge in [-0.15, -0.1) is 0 Å². The first-order valence-corrected chi connectivity index (χ1v) is 5.40. The van der Waals surface area contributed by atoms with Crippen LogP contribution in [0.4, 0.5) is 5.69 Å². The molecule has 0 aliphatic rings. The molecular weight excluding hydrogens is 230 g/mol.